The second kappa shape index (κ2) is 7.68. The lowest BCUT2D eigenvalue weighted by atomic mass is 10.2. The molecule has 1 aliphatic heterocycles. The molecule has 2 aromatic carbocycles. The van der Waals surface area contributed by atoms with Crippen LogP contribution in [0.4, 0.5) is 4.79 Å². The third-order valence-corrected chi connectivity index (χ3v) is 4.94. The molecular weight excluding hydrogens is 405 g/mol. The van der Waals surface area contributed by atoms with Gasteiger partial charge < -0.3 is 9.47 Å². The van der Waals surface area contributed by atoms with Crippen LogP contribution >= 0.6 is 22.6 Å². The molecule has 5 heteroatoms. The van der Waals surface area contributed by atoms with E-state index < -0.39 is 0 Å². The van der Waals surface area contributed by atoms with E-state index in [-0.39, 0.29) is 22.9 Å². The number of rotatable bonds is 4. The number of nitrogens with zero attached hydrogens (tertiary/aromatic N) is 1. The van der Waals surface area contributed by atoms with Crippen LogP contribution in [0.25, 0.3) is 0 Å². The van der Waals surface area contributed by atoms with Crippen LogP contribution in [0.2, 0.25) is 0 Å². The van der Waals surface area contributed by atoms with Crippen LogP contribution in [0.3, 0.4) is 0 Å². The number of hydrogen-bond acceptors (Lipinski definition) is 3. The van der Waals surface area contributed by atoms with Crippen molar-refractivity contribution in [2.75, 3.05) is 6.54 Å². The summed E-state index contributed by atoms with van der Waals surface area (Å²) < 4.78 is 11.7. The number of carbonyl (C=O) groups is 1. The van der Waals surface area contributed by atoms with Crippen LogP contribution in [0.5, 0.6) is 5.75 Å². The number of ether oxygens (including phenoxy) is 2. The maximum atomic E-state index is 12.4. The molecule has 0 radical (unpaired) electrons. The summed E-state index contributed by atoms with van der Waals surface area (Å²) in [6, 6.07) is 19.3. The van der Waals surface area contributed by atoms with Crippen molar-refractivity contribution in [2.45, 2.75) is 23.2 Å². The number of alkyl halides is 1. The highest BCUT2D eigenvalue weighted by Crippen LogP contribution is 2.28. The lowest BCUT2D eigenvalue weighted by molar-refractivity contribution is 0.0387. The second-order valence-corrected chi connectivity index (χ2v) is 6.96. The Morgan fingerprint density at radius 1 is 1.09 bits per heavy atom. The minimum atomic E-state index is -0.325. The summed E-state index contributed by atoms with van der Waals surface area (Å²) in [7, 11) is 0. The topological polar surface area (TPSA) is 38.8 Å². The Balaban J connectivity index is 1.62. The van der Waals surface area contributed by atoms with Crippen LogP contribution in [0.1, 0.15) is 12.0 Å². The molecule has 1 fully saturated rings. The number of benzene rings is 2. The number of para-hydroxylation sites is 1. The van der Waals surface area contributed by atoms with E-state index in [0.29, 0.717) is 6.54 Å². The van der Waals surface area contributed by atoms with Gasteiger partial charge in [0.1, 0.15) is 12.4 Å². The van der Waals surface area contributed by atoms with E-state index >= 15 is 0 Å². The third kappa shape index (κ3) is 4.16. The van der Waals surface area contributed by atoms with Crippen LogP contribution in [-0.2, 0) is 11.3 Å². The molecule has 0 saturated carbocycles. The molecule has 120 valence electrons. The molecule has 0 aliphatic carbocycles. The van der Waals surface area contributed by atoms with Gasteiger partial charge in [0, 0.05) is 6.54 Å². The predicted octanol–water partition coefficient (Wildman–Crippen LogP) is 4.24. The lowest BCUT2D eigenvalue weighted by Crippen LogP contribution is -2.42. The summed E-state index contributed by atoms with van der Waals surface area (Å²) in [6.07, 6.45) is 0.286. The van der Waals surface area contributed by atoms with Gasteiger partial charge in [0.25, 0.3) is 0 Å². The van der Waals surface area contributed by atoms with E-state index in [0.717, 1.165) is 17.7 Å². The van der Waals surface area contributed by atoms with Crippen molar-refractivity contribution in [1.82, 2.24) is 4.90 Å². The van der Waals surface area contributed by atoms with Gasteiger partial charge in [0.2, 0.25) is 0 Å². The average molecular weight is 423 g/mol. The first-order chi connectivity index (χ1) is 11.2. The average Bonchev–Trinajstić information content (AvgIpc) is 2.95. The minimum absolute atomic E-state index is 0.247. The Morgan fingerprint density at radius 2 is 1.74 bits per heavy atom. The maximum Gasteiger partial charge on any atom is 0.413 e. The fourth-order valence-electron chi connectivity index (χ4n) is 2.50. The molecule has 0 aromatic heterocycles. The molecule has 0 unspecified atom stereocenters. The van der Waals surface area contributed by atoms with Crippen LogP contribution < -0.4 is 4.74 Å². The molecule has 1 amide bonds. The van der Waals surface area contributed by atoms with Gasteiger partial charge in [-0.05, 0) is 24.1 Å². The van der Waals surface area contributed by atoms with Crippen LogP contribution in [0.15, 0.2) is 60.7 Å². The monoisotopic (exact) mass is 423 g/mol. The lowest BCUT2D eigenvalue weighted by Gasteiger charge is -2.26. The molecule has 0 N–H and O–H groups in total. The Hall–Kier alpha value is -1.76. The van der Waals surface area contributed by atoms with Gasteiger partial charge in [-0.1, -0.05) is 71.1 Å². The first-order valence-electron chi connectivity index (χ1n) is 7.57. The number of likely N-dealkylation sites (tertiary alicyclic amines) is 1. The highest BCUT2D eigenvalue weighted by atomic mass is 127. The molecule has 4 nitrogen and oxygen atoms in total. The van der Waals surface area contributed by atoms with Crippen LogP contribution in [-0.4, -0.2) is 27.7 Å². The normalized spacial score (nSPS) is 20.3. The van der Waals surface area contributed by atoms with E-state index in [1.165, 1.54) is 0 Å². The molecule has 2 atom stereocenters. The standard InChI is InChI=1S/C18H18INO3/c19-16-11-12-20(17(16)23-15-9-5-2-6-10-15)18(21)22-13-14-7-3-1-4-8-14/h1-10,16-17H,11-13H2/t16-,17+/m1/s1. The molecule has 1 heterocycles. The molecule has 0 spiro atoms. The quantitative estimate of drug-likeness (QED) is 0.546. The highest BCUT2D eigenvalue weighted by molar-refractivity contribution is 14.1. The van der Waals surface area contributed by atoms with E-state index in [1.54, 1.807) is 4.90 Å². The molecule has 3 rings (SSSR count). The minimum Gasteiger partial charge on any atom is -0.469 e. The SMILES string of the molecule is O=C(OCc1ccccc1)N1CC[C@@H](I)[C@@H]1Oc1ccccc1. The van der Waals surface area contributed by atoms with E-state index in [4.69, 9.17) is 9.47 Å². The summed E-state index contributed by atoms with van der Waals surface area (Å²) in [6.45, 7) is 0.929. The van der Waals surface area contributed by atoms with Crippen molar-refractivity contribution < 1.29 is 14.3 Å². The van der Waals surface area contributed by atoms with E-state index in [9.17, 15) is 4.79 Å². The van der Waals surface area contributed by atoms with E-state index in [2.05, 4.69) is 22.6 Å². The van der Waals surface area contributed by atoms with Gasteiger partial charge in [-0.2, -0.15) is 0 Å². The van der Waals surface area contributed by atoms with Crippen molar-refractivity contribution in [1.29, 1.82) is 0 Å². The van der Waals surface area contributed by atoms with Gasteiger partial charge in [-0.25, -0.2) is 4.79 Å². The summed E-state index contributed by atoms with van der Waals surface area (Å²) in [5, 5.41) is 0. The van der Waals surface area contributed by atoms with Gasteiger partial charge >= 0.3 is 6.09 Å². The number of amides is 1. The summed E-state index contributed by atoms with van der Waals surface area (Å²) in [5.74, 6) is 0.766. The molecule has 1 saturated heterocycles. The Kier molecular flexibility index (Phi) is 5.38. The first-order valence-corrected chi connectivity index (χ1v) is 8.82. The number of carbonyl (C=O) groups excluding carboxylic acids is 1. The largest absolute Gasteiger partial charge is 0.469 e. The first kappa shape index (κ1) is 16.1. The fourth-order valence-corrected chi connectivity index (χ4v) is 3.31. The van der Waals surface area contributed by atoms with Crippen molar-refractivity contribution >= 4 is 28.7 Å². The van der Waals surface area contributed by atoms with Crippen molar-refractivity contribution in [2.24, 2.45) is 0 Å². The summed E-state index contributed by atoms with van der Waals surface area (Å²) in [5.41, 5.74) is 0.978. The number of halogens is 1. The van der Waals surface area contributed by atoms with Crippen LogP contribution in [0, 0.1) is 0 Å². The van der Waals surface area contributed by atoms with Gasteiger partial charge in [0.15, 0.2) is 6.23 Å². The smallest absolute Gasteiger partial charge is 0.413 e. The zero-order chi connectivity index (χ0) is 16.1. The zero-order valence-corrected chi connectivity index (χ0v) is 14.8. The predicted molar refractivity (Wildman–Crippen MR) is 96.6 cm³/mol. The molecular formula is C18H18INO3. The molecule has 23 heavy (non-hydrogen) atoms. The summed E-state index contributed by atoms with van der Waals surface area (Å²) in [4.78, 5) is 14.1. The van der Waals surface area contributed by atoms with Gasteiger partial charge in [0.05, 0.1) is 3.92 Å². The highest BCUT2D eigenvalue weighted by Gasteiger charge is 2.38. The Morgan fingerprint density at radius 3 is 2.43 bits per heavy atom. The second-order valence-electron chi connectivity index (χ2n) is 5.36. The fraction of sp³-hybridized carbons (Fsp3) is 0.278. The number of hydrogen-bond donors (Lipinski definition) is 0. The molecule has 0 bridgehead atoms. The molecule has 2 aromatic rings. The van der Waals surface area contributed by atoms with Crippen molar-refractivity contribution in [3.05, 3.63) is 66.2 Å². The molecule has 1 aliphatic rings. The third-order valence-electron chi connectivity index (χ3n) is 3.70. The Bertz CT molecular complexity index is 635. The van der Waals surface area contributed by atoms with Gasteiger partial charge in [-0.15, -0.1) is 0 Å². The van der Waals surface area contributed by atoms with Crippen molar-refractivity contribution in [3.63, 3.8) is 0 Å². The van der Waals surface area contributed by atoms with Crippen molar-refractivity contribution in [3.8, 4) is 5.75 Å². The zero-order valence-electron chi connectivity index (χ0n) is 12.6. The van der Waals surface area contributed by atoms with Gasteiger partial charge in [-0.3, -0.25) is 4.90 Å². The van der Waals surface area contributed by atoms with E-state index in [1.807, 2.05) is 60.7 Å². The maximum absolute atomic E-state index is 12.4. The Labute approximate surface area is 149 Å². The summed E-state index contributed by atoms with van der Waals surface area (Å²) >= 11 is 2.33.